The molecule has 2 saturated heterocycles. The molecular formula is C22H25N5O2S. The highest BCUT2D eigenvalue weighted by Gasteiger charge is 2.34. The largest absolute Gasteiger partial charge is 0.465 e. The predicted octanol–water partition coefficient (Wildman–Crippen LogP) is 3.23. The lowest BCUT2D eigenvalue weighted by Crippen LogP contribution is -2.63. The maximum atomic E-state index is 11.1. The molecular weight excluding hydrogens is 398 g/mol. The van der Waals surface area contributed by atoms with Gasteiger partial charge in [-0.25, -0.2) is 9.48 Å². The van der Waals surface area contributed by atoms with E-state index in [9.17, 15) is 4.79 Å². The van der Waals surface area contributed by atoms with Crippen LogP contribution in [-0.2, 0) is 0 Å². The lowest BCUT2D eigenvalue weighted by Gasteiger charge is -2.48. The van der Waals surface area contributed by atoms with Crippen molar-refractivity contribution in [3.63, 3.8) is 0 Å². The smallest absolute Gasteiger partial charge is 0.407 e. The molecule has 3 aromatic rings. The van der Waals surface area contributed by atoms with Crippen molar-refractivity contribution in [2.75, 3.05) is 50.4 Å². The predicted molar refractivity (Wildman–Crippen MR) is 120 cm³/mol. The van der Waals surface area contributed by atoms with Gasteiger partial charge in [0.25, 0.3) is 0 Å². The van der Waals surface area contributed by atoms with Gasteiger partial charge in [-0.3, -0.25) is 4.90 Å². The van der Waals surface area contributed by atoms with E-state index >= 15 is 0 Å². The number of thioether (sulfide) groups is 1. The molecule has 2 aliphatic heterocycles. The molecule has 2 aliphatic rings. The van der Waals surface area contributed by atoms with Crippen LogP contribution in [0.2, 0.25) is 0 Å². The minimum Gasteiger partial charge on any atom is -0.465 e. The van der Waals surface area contributed by atoms with Crippen LogP contribution in [0.3, 0.4) is 0 Å². The lowest BCUT2D eigenvalue weighted by atomic mass is 10.0. The Morgan fingerprint density at radius 2 is 1.77 bits per heavy atom. The zero-order valence-electron chi connectivity index (χ0n) is 16.9. The molecule has 5 rings (SSSR count). The summed E-state index contributed by atoms with van der Waals surface area (Å²) in [4.78, 5) is 17.4. The number of carboxylic acid groups (broad SMARTS) is 1. The van der Waals surface area contributed by atoms with Gasteiger partial charge in [-0.2, -0.15) is 5.10 Å². The van der Waals surface area contributed by atoms with Gasteiger partial charge in [0.05, 0.1) is 11.2 Å². The van der Waals surface area contributed by atoms with E-state index in [-0.39, 0.29) is 0 Å². The Balaban J connectivity index is 1.34. The number of hydrogen-bond acceptors (Lipinski definition) is 5. The first-order chi connectivity index (χ1) is 14.6. The lowest BCUT2D eigenvalue weighted by molar-refractivity contribution is 0.0763. The van der Waals surface area contributed by atoms with E-state index in [0.717, 1.165) is 42.4 Å². The number of amides is 1. The summed E-state index contributed by atoms with van der Waals surface area (Å²) < 4.78 is 2.03. The summed E-state index contributed by atoms with van der Waals surface area (Å²) in [6.07, 6.45) is 1.26. The molecule has 0 aliphatic carbocycles. The Morgan fingerprint density at radius 1 is 1.03 bits per heavy atom. The third-order valence-corrected chi connectivity index (χ3v) is 6.84. The number of nitrogens with zero attached hydrogens (tertiary/aromatic N) is 5. The van der Waals surface area contributed by atoms with Gasteiger partial charge in [0.15, 0.2) is 0 Å². The number of anilines is 1. The van der Waals surface area contributed by atoms with Crippen molar-refractivity contribution in [2.45, 2.75) is 11.1 Å². The number of carbonyl (C=O) groups is 1. The molecule has 2 aromatic carbocycles. The molecule has 156 valence electrons. The standard InChI is InChI=1S/C22H25N5O2S/c1-30-21-19-8-7-17(13-20(19)27(23-21)16-5-3-2-4-6-16)26-14-18(15-26)24-9-11-25(12-10-24)22(28)29/h2-8,13,18H,9-12,14-15H2,1H3,(H,28,29). The van der Waals surface area contributed by atoms with E-state index in [1.54, 1.807) is 11.8 Å². The van der Waals surface area contributed by atoms with Crippen LogP contribution in [0.15, 0.2) is 53.6 Å². The summed E-state index contributed by atoms with van der Waals surface area (Å²) in [5, 5.41) is 16.2. The Bertz CT molecular complexity index is 1060. The molecule has 30 heavy (non-hydrogen) atoms. The highest BCUT2D eigenvalue weighted by molar-refractivity contribution is 7.98. The monoisotopic (exact) mass is 423 g/mol. The van der Waals surface area contributed by atoms with Gasteiger partial charge in [0.2, 0.25) is 0 Å². The third kappa shape index (κ3) is 3.40. The molecule has 0 unspecified atom stereocenters. The summed E-state index contributed by atoms with van der Waals surface area (Å²) in [5.74, 6) is 0. The highest BCUT2D eigenvalue weighted by atomic mass is 32.2. The van der Waals surface area contributed by atoms with Crippen molar-refractivity contribution in [2.24, 2.45) is 0 Å². The normalized spacial score (nSPS) is 18.0. The first kappa shape index (κ1) is 19.3. The van der Waals surface area contributed by atoms with Gasteiger partial charge in [-0.15, -0.1) is 11.8 Å². The third-order valence-electron chi connectivity index (χ3n) is 6.15. The van der Waals surface area contributed by atoms with Gasteiger partial charge in [-0.05, 0) is 36.6 Å². The van der Waals surface area contributed by atoms with Crippen LogP contribution < -0.4 is 4.90 Å². The van der Waals surface area contributed by atoms with Crippen LogP contribution in [0.5, 0.6) is 0 Å². The number of fused-ring (bicyclic) bond motifs is 1. The Morgan fingerprint density at radius 3 is 2.43 bits per heavy atom. The Hall–Kier alpha value is -2.71. The maximum Gasteiger partial charge on any atom is 0.407 e. The van der Waals surface area contributed by atoms with Crippen LogP contribution in [0, 0.1) is 0 Å². The first-order valence-electron chi connectivity index (χ1n) is 10.2. The molecule has 0 spiro atoms. The Kier molecular flexibility index (Phi) is 5.04. The molecule has 8 heteroatoms. The number of rotatable bonds is 4. The molecule has 7 nitrogen and oxygen atoms in total. The fourth-order valence-corrected chi connectivity index (χ4v) is 4.92. The van der Waals surface area contributed by atoms with Crippen LogP contribution in [-0.4, -0.2) is 82.3 Å². The van der Waals surface area contributed by atoms with Crippen molar-refractivity contribution in [1.82, 2.24) is 19.6 Å². The van der Waals surface area contributed by atoms with Gasteiger partial charge in [0, 0.05) is 56.4 Å². The van der Waals surface area contributed by atoms with Crippen molar-refractivity contribution >= 4 is 34.4 Å². The zero-order valence-corrected chi connectivity index (χ0v) is 17.8. The molecule has 3 heterocycles. The molecule has 0 atom stereocenters. The summed E-state index contributed by atoms with van der Waals surface area (Å²) in [5.41, 5.74) is 3.41. The number of aromatic nitrogens is 2. The molecule has 1 N–H and O–H groups in total. The topological polar surface area (TPSA) is 64.8 Å². The second kappa shape index (κ2) is 7.85. The van der Waals surface area contributed by atoms with Crippen LogP contribution in [0.4, 0.5) is 10.5 Å². The van der Waals surface area contributed by atoms with E-state index in [2.05, 4.69) is 46.4 Å². The summed E-state index contributed by atoms with van der Waals surface area (Å²) in [7, 11) is 0. The Labute approximate surface area is 179 Å². The molecule has 1 amide bonds. The van der Waals surface area contributed by atoms with Gasteiger partial charge < -0.3 is 14.9 Å². The summed E-state index contributed by atoms with van der Waals surface area (Å²) in [6.45, 7) is 4.81. The number of piperazine rings is 1. The fourth-order valence-electron chi connectivity index (χ4n) is 4.36. The molecule has 0 saturated carbocycles. The van der Waals surface area contributed by atoms with Gasteiger partial charge >= 0.3 is 6.09 Å². The average Bonchev–Trinajstić information content (AvgIpc) is 3.12. The minimum atomic E-state index is -0.808. The maximum absolute atomic E-state index is 11.1. The first-order valence-corrected chi connectivity index (χ1v) is 11.5. The van der Waals surface area contributed by atoms with Crippen LogP contribution in [0.1, 0.15) is 0 Å². The highest BCUT2D eigenvalue weighted by Crippen LogP contribution is 2.33. The van der Waals surface area contributed by atoms with Gasteiger partial charge in [0.1, 0.15) is 5.03 Å². The second-order valence-corrected chi connectivity index (χ2v) is 8.62. The van der Waals surface area contributed by atoms with Crippen LogP contribution >= 0.6 is 11.8 Å². The van der Waals surface area contributed by atoms with E-state index in [1.165, 1.54) is 16.0 Å². The van der Waals surface area contributed by atoms with Crippen molar-refractivity contribution in [3.05, 3.63) is 48.5 Å². The number of hydrogen-bond donors (Lipinski definition) is 1. The molecule has 2 fully saturated rings. The van der Waals surface area contributed by atoms with E-state index < -0.39 is 6.09 Å². The molecule has 0 bridgehead atoms. The van der Waals surface area contributed by atoms with Gasteiger partial charge in [-0.1, -0.05) is 18.2 Å². The SMILES string of the molecule is CSc1nn(-c2ccccc2)c2cc(N3CC(N4CCN(C(=O)O)CC4)C3)ccc12. The van der Waals surface area contributed by atoms with Crippen LogP contribution in [0.25, 0.3) is 16.6 Å². The van der Waals surface area contributed by atoms with E-state index in [1.807, 2.05) is 22.9 Å². The molecule has 0 radical (unpaired) electrons. The molecule has 1 aromatic heterocycles. The summed E-state index contributed by atoms with van der Waals surface area (Å²) in [6, 6.07) is 17.4. The van der Waals surface area contributed by atoms with Crippen molar-refractivity contribution in [3.8, 4) is 5.69 Å². The van der Waals surface area contributed by atoms with Crippen molar-refractivity contribution < 1.29 is 9.90 Å². The minimum absolute atomic E-state index is 0.498. The van der Waals surface area contributed by atoms with E-state index in [4.69, 9.17) is 10.2 Å². The zero-order chi connectivity index (χ0) is 20.7. The number of benzene rings is 2. The van der Waals surface area contributed by atoms with E-state index in [0.29, 0.717) is 19.1 Å². The van der Waals surface area contributed by atoms with Crippen molar-refractivity contribution in [1.29, 1.82) is 0 Å². The summed E-state index contributed by atoms with van der Waals surface area (Å²) >= 11 is 1.67. The number of para-hydroxylation sites is 1. The second-order valence-electron chi connectivity index (χ2n) is 7.82. The quantitative estimate of drug-likeness (QED) is 0.650. The fraction of sp³-hybridized carbons (Fsp3) is 0.364. The average molecular weight is 424 g/mol.